The van der Waals surface area contributed by atoms with Crippen LogP contribution in [0, 0.1) is 34.5 Å². The van der Waals surface area contributed by atoms with Crippen LogP contribution >= 0.6 is 0 Å². The third-order valence-corrected chi connectivity index (χ3v) is 10.0. The Labute approximate surface area is 167 Å². The lowest BCUT2D eigenvalue weighted by Gasteiger charge is -2.64. The third kappa shape index (κ3) is 2.27. The molecule has 0 aromatic heterocycles. The van der Waals surface area contributed by atoms with Crippen molar-refractivity contribution in [2.24, 2.45) is 34.5 Å². The van der Waals surface area contributed by atoms with E-state index in [0.29, 0.717) is 31.3 Å². The summed E-state index contributed by atoms with van der Waals surface area (Å²) < 4.78 is 5.16. The second-order valence-electron chi connectivity index (χ2n) is 10.8. The van der Waals surface area contributed by atoms with E-state index in [2.05, 4.69) is 6.92 Å². The van der Waals surface area contributed by atoms with Crippen molar-refractivity contribution in [2.75, 3.05) is 6.61 Å². The molecule has 1 unspecified atom stereocenters. The third-order valence-electron chi connectivity index (χ3n) is 10.0. The predicted octanol–water partition coefficient (Wildman–Crippen LogP) is 2.58. The molecular weight excluding hydrogens is 356 g/mol. The Morgan fingerprint density at radius 1 is 1.04 bits per heavy atom. The number of hydrogen-bond donors (Lipinski definition) is 3. The van der Waals surface area contributed by atoms with Crippen LogP contribution in [0.5, 0.6) is 0 Å². The molecule has 0 aromatic rings. The van der Waals surface area contributed by atoms with Crippen molar-refractivity contribution < 1.29 is 24.9 Å². The molecule has 0 radical (unpaired) electrons. The molecule has 1 aliphatic heterocycles. The molecule has 28 heavy (non-hydrogen) atoms. The molecule has 0 aromatic carbocycles. The summed E-state index contributed by atoms with van der Waals surface area (Å²) in [5, 5.41) is 33.7. The molecule has 1 heterocycles. The molecule has 0 amide bonds. The number of carbonyl (C=O) groups excluding carboxylic acids is 1. The molecule has 0 saturated heterocycles. The van der Waals surface area contributed by atoms with Crippen molar-refractivity contribution in [3.63, 3.8) is 0 Å². The van der Waals surface area contributed by atoms with Crippen LogP contribution in [0.15, 0.2) is 11.6 Å². The maximum atomic E-state index is 12.1. The smallest absolute Gasteiger partial charge is 0.331 e. The van der Waals surface area contributed by atoms with Gasteiger partial charge in [-0.15, -0.1) is 0 Å². The van der Waals surface area contributed by atoms with Crippen LogP contribution < -0.4 is 0 Å². The quantitative estimate of drug-likeness (QED) is 0.599. The average Bonchev–Trinajstić information content (AvgIpc) is 3.19. The van der Waals surface area contributed by atoms with Gasteiger partial charge in [0.25, 0.3) is 0 Å². The van der Waals surface area contributed by atoms with Crippen molar-refractivity contribution in [3.05, 3.63) is 11.6 Å². The Morgan fingerprint density at radius 3 is 2.54 bits per heavy atom. The summed E-state index contributed by atoms with van der Waals surface area (Å²) in [5.41, 5.74) is -0.507. The second kappa shape index (κ2) is 6.05. The summed E-state index contributed by atoms with van der Waals surface area (Å²) in [6.07, 6.45) is 7.69. The van der Waals surface area contributed by atoms with Gasteiger partial charge in [0.2, 0.25) is 0 Å². The minimum absolute atomic E-state index is 0.00129. The van der Waals surface area contributed by atoms with E-state index in [1.54, 1.807) is 6.08 Å². The maximum Gasteiger partial charge on any atom is 0.331 e. The zero-order valence-electron chi connectivity index (χ0n) is 17.1. The summed E-state index contributed by atoms with van der Waals surface area (Å²) in [5.74, 6) is 0.657. The van der Waals surface area contributed by atoms with Crippen LogP contribution in [0.25, 0.3) is 0 Å². The predicted molar refractivity (Wildman–Crippen MR) is 103 cm³/mol. The highest BCUT2D eigenvalue weighted by atomic mass is 16.5. The minimum Gasteiger partial charge on any atom is -0.458 e. The van der Waals surface area contributed by atoms with E-state index in [9.17, 15) is 20.1 Å². The molecule has 4 fully saturated rings. The van der Waals surface area contributed by atoms with E-state index in [0.717, 1.165) is 44.1 Å². The summed E-state index contributed by atoms with van der Waals surface area (Å²) in [4.78, 5) is 11.6. The molecular formula is C23H34O5. The molecule has 5 aliphatic rings. The van der Waals surface area contributed by atoms with Crippen LogP contribution in [-0.2, 0) is 9.53 Å². The fraction of sp³-hybridized carbons (Fsp3) is 0.870. The van der Waals surface area contributed by atoms with Crippen LogP contribution in [0.4, 0.5) is 0 Å². The van der Waals surface area contributed by atoms with E-state index in [1.807, 2.05) is 6.92 Å². The molecule has 5 heteroatoms. The second-order valence-corrected chi connectivity index (χ2v) is 10.8. The number of fused-ring (bicyclic) bond motifs is 5. The monoisotopic (exact) mass is 390 g/mol. The number of carbonyl (C=O) groups is 1. The molecule has 3 N–H and O–H groups in total. The van der Waals surface area contributed by atoms with Gasteiger partial charge >= 0.3 is 5.97 Å². The van der Waals surface area contributed by atoms with Gasteiger partial charge in [0.1, 0.15) is 6.61 Å². The van der Waals surface area contributed by atoms with Crippen molar-refractivity contribution >= 4 is 5.97 Å². The topological polar surface area (TPSA) is 87.0 Å². The Bertz CT molecular complexity index is 718. The van der Waals surface area contributed by atoms with Crippen LogP contribution in [0.1, 0.15) is 65.2 Å². The van der Waals surface area contributed by atoms with Gasteiger partial charge in [0.15, 0.2) is 0 Å². The van der Waals surface area contributed by atoms with Crippen LogP contribution in [0.2, 0.25) is 0 Å². The normalized spacial score (nSPS) is 55.8. The lowest BCUT2D eigenvalue weighted by molar-refractivity contribution is -0.244. The van der Waals surface area contributed by atoms with E-state index in [4.69, 9.17) is 4.74 Å². The number of esters is 1. The summed E-state index contributed by atoms with van der Waals surface area (Å²) >= 11 is 0. The zero-order chi connectivity index (χ0) is 19.9. The number of aliphatic hydroxyl groups is 3. The fourth-order valence-corrected chi connectivity index (χ4v) is 8.37. The lowest BCUT2D eigenvalue weighted by Crippen LogP contribution is -2.67. The Balaban J connectivity index is 1.51. The number of rotatable bonds is 1. The Kier molecular flexibility index (Phi) is 4.12. The van der Waals surface area contributed by atoms with Gasteiger partial charge in [-0.25, -0.2) is 4.79 Å². The molecule has 4 saturated carbocycles. The van der Waals surface area contributed by atoms with Crippen LogP contribution in [0.3, 0.4) is 0 Å². The van der Waals surface area contributed by atoms with Gasteiger partial charge in [-0.2, -0.15) is 0 Å². The highest BCUT2D eigenvalue weighted by Gasteiger charge is 2.70. The highest BCUT2D eigenvalue weighted by molar-refractivity contribution is 5.85. The number of hydrogen-bond acceptors (Lipinski definition) is 5. The number of ether oxygens (including phenoxy) is 1. The number of cyclic esters (lactones) is 1. The summed E-state index contributed by atoms with van der Waals surface area (Å²) in [6, 6.07) is 0. The van der Waals surface area contributed by atoms with Gasteiger partial charge in [0.05, 0.1) is 17.8 Å². The minimum atomic E-state index is -0.906. The first-order chi connectivity index (χ1) is 13.2. The highest BCUT2D eigenvalue weighted by Crippen LogP contribution is 2.69. The van der Waals surface area contributed by atoms with Gasteiger partial charge in [-0.1, -0.05) is 13.8 Å². The van der Waals surface area contributed by atoms with Gasteiger partial charge in [-0.05, 0) is 86.0 Å². The van der Waals surface area contributed by atoms with Gasteiger partial charge < -0.3 is 20.1 Å². The molecule has 4 aliphatic carbocycles. The van der Waals surface area contributed by atoms with E-state index < -0.39 is 17.1 Å². The van der Waals surface area contributed by atoms with Crippen molar-refractivity contribution in [1.29, 1.82) is 0 Å². The molecule has 5 rings (SSSR count). The Hall–Kier alpha value is -0.910. The molecule has 9 atom stereocenters. The van der Waals surface area contributed by atoms with Crippen LogP contribution in [-0.4, -0.2) is 45.7 Å². The summed E-state index contributed by atoms with van der Waals surface area (Å²) in [7, 11) is 0. The first kappa shape index (κ1) is 19.1. The zero-order valence-corrected chi connectivity index (χ0v) is 17.1. The number of aliphatic hydroxyl groups excluding tert-OH is 2. The van der Waals surface area contributed by atoms with Gasteiger partial charge in [0, 0.05) is 11.5 Å². The summed E-state index contributed by atoms with van der Waals surface area (Å²) in [6.45, 7) is 4.69. The van der Waals surface area contributed by atoms with E-state index in [-0.39, 0.29) is 29.3 Å². The van der Waals surface area contributed by atoms with Gasteiger partial charge in [-0.3, -0.25) is 0 Å². The molecule has 156 valence electrons. The van der Waals surface area contributed by atoms with E-state index in [1.165, 1.54) is 0 Å². The molecule has 5 nitrogen and oxygen atoms in total. The average molecular weight is 391 g/mol. The largest absolute Gasteiger partial charge is 0.458 e. The Morgan fingerprint density at radius 2 is 1.82 bits per heavy atom. The molecule has 0 bridgehead atoms. The maximum absolute atomic E-state index is 12.1. The van der Waals surface area contributed by atoms with Crippen molar-refractivity contribution in [1.82, 2.24) is 0 Å². The SMILES string of the molecule is C[C@]12CC[C@@H](O)C[C@H]1CC[C@@H]1[C@@H]2C[C@@H](O)[C@]2(C)[C@@H](C3=CC(=O)OC3)CCC12O. The van der Waals surface area contributed by atoms with E-state index >= 15 is 0 Å². The fourth-order valence-electron chi connectivity index (χ4n) is 8.37. The van der Waals surface area contributed by atoms with Crippen molar-refractivity contribution in [3.8, 4) is 0 Å². The lowest BCUT2D eigenvalue weighted by atomic mass is 9.42. The standard InChI is InChI=1S/C23H34O5/c1-21-7-5-15(24)10-14(21)3-4-17-18(21)11-19(25)22(2)16(6-8-23(17,22)27)13-9-20(26)28-12-13/h9,14-19,24-25,27H,3-8,10-12H2,1-2H3/t14-,15-,16-,17-,18+,19-,21+,22+,23?/m1/s1. The molecule has 0 spiro atoms. The van der Waals surface area contributed by atoms with Crippen molar-refractivity contribution in [2.45, 2.75) is 83.0 Å². The first-order valence-corrected chi connectivity index (χ1v) is 11.2. The first-order valence-electron chi connectivity index (χ1n) is 11.2.